The van der Waals surface area contributed by atoms with E-state index in [9.17, 15) is 4.79 Å². The lowest BCUT2D eigenvalue weighted by Gasteiger charge is -2.06. The number of urea groups is 1. The minimum atomic E-state index is -0.0390. The lowest BCUT2D eigenvalue weighted by atomic mass is 10.1. The van der Waals surface area contributed by atoms with Gasteiger partial charge in [0.1, 0.15) is 0 Å². The molecule has 1 aromatic rings. The maximum atomic E-state index is 11.3. The van der Waals surface area contributed by atoms with Crippen molar-refractivity contribution in [2.75, 3.05) is 13.1 Å². The van der Waals surface area contributed by atoms with Gasteiger partial charge in [-0.1, -0.05) is 30.3 Å². The van der Waals surface area contributed by atoms with Crippen LogP contribution in [0.3, 0.4) is 0 Å². The van der Waals surface area contributed by atoms with Crippen molar-refractivity contribution in [1.29, 1.82) is 0 Å². The number of benzene rings is 1. The van der Waals surface area contributed by atoms with E-state index >= 15 is 0 Å². The molecule has 2 N–H and O–H groups in total. The molecule has 1 fully saturated rings. The highest BCUT2D eigenvalue weighted by molar-refractivity contribution is 5.73. The van der Waals surface area contributed by atoms with E-state index < -0.39 is 0 Å². The summed E-state index contributed by atoms with van der Waals surface area (Å²) in [5.41, 5.74) is 1.25. The van der Waals surface area contributed by atoms with Gasteiger partial charge in [0.05, 0.1) is 0 Å². The van der Waals surface area contributed by atoms with Crippen LogP contribution in [-0.4, -0.2) is 19.1 Å². The van der Waals surface area contributed by atoms with Crippen LogP contribution in [0.4, 0.5) is 4.79 Å². The molecule has 0 aromatic heterocycles. The number of rotatable bonds is 5. The van der Waals surface area contributed by atoms with Gasteiger partial charge in [-0.15, -0.1) is 0 Å². The summed E-state index contributed by atoms with van der Waals surface area (Å²) in [4.78, 5) is 11.3. The molecule has 0 bridgehead atoms. The van der Waals surface area contributed by atoms with E-state index in [0.29, 0.717) is 6.54 Å². The highest BCUT2D eigenvalue weighted by atomic mass is 16.2. The van der Waals surface area contributed by atoms with Crippen LogP contribution >= 0.6 is 0 Å². The molecular formula is C13H18N2O. The predicted octanol–water partition coefficient (Wildman–Crippen LogP) is 1.94. The summed E-state index contributed by atoms with van der Waals surface area (Å²) in [5, 5.41) is 5.75. The number of hydrogen-bond donors (Lipinski definition) is 2. The van der Waals surface area contributed by atoms with Gasteiger partial charge in [0.2, 0.25) is 0 Å². The molecule has 1 aromatic carbocycles. The molecule has 1 saturated carbocycles. The first-order chi connectivity index (χ1) is 7.84. The van der Waals surface area contributed by atoms with Crippen LogP contribution in [0, 0.1) is 5.92 Å². The smallest absolute Gasteiger partial charge is 0.314 e. The Bertz CT molecular complexity index is 333. The Balaban J connectivity index is 1.58. The fourth-order valence-corrected chi connectivity index (χ4v) is 1.59. The predicted molar refractivity (Wildman–Crippen MR) is 64.3 cm³/mol. The van der Waals surface area contributed by atoms with Gasteiger partial charge >= 0.3 is 6.03 Å². The Hall–Kier alpha value is -1.51. The second-order valence-corrected chi connectivity index (χ2v) is 4.32. The number of hydrogen-bond acceptors (Lipinski definition) is 1. The van der Waals surface area contributed by atoms with Crippen LogP contribution in [0.5, 0.6) is 0 Å². The average molecular weight is 218 g/mol. The van der Waals surface area contributed by atoms with Crippen molar-refractivity contribution >= 4 is 6.03 Å². The summed E-state index contributed by atoms with van der Waals surface area (Å²) < 4.78 is 0. The van der Waals surface area contributed by atoms with Crippen molar-refractivity contribution in [3.8, 4) is 0 Å². The third kappa shape index (κ3) is 3.93. The van der Waals surface area contributed by atoms with Crippen molar-refractivity contribution in [1.82, 2.24) is 10.6 Å². The van der Waals surface area contributed by atoms with Gasteiger partial charge in [0.15, 0.2) is 0 Å². The van der Waals surface area contributed by atoms with Crippen LogP contribution < -0.4 is 10.6 Å². The normalized spacial score (nSPS) is 14.5. The molecule has 1 aliphatic rings. The monoisotopic (exact) mass is 218 g/mol. The first-order valence-corrected chi connectivity index (χ1v) is 5.90. The van der Waals surface area contributed by atoms with Gasteiger partial charge in [-0.25, -0.2) is 4.79 Å². The topological polar surface area (TPSA) is 41.1 Å². The van der Waals surface area contributed by atoms with Gasteiger partial charge in [0, 0.05) is 13.1 Å². The molecule has 2 rings (SSSR count). The molecular weight excluding hydrogens is 200 g/mol. The Morgan fingerprint density at radius 2 is 1.94 bits per heavy atom. The van der Waals surface area contributed by atoms with Crippen LogP contribution in [0.2, 0.25) is 0 Å². The average Bonchev–Trinajstić information content (AvgIpc) is 3.12. The van der Waals surface area contributed by atoms with Gasteiger partial charge in [-0.3, -0.25) is 0 Å². The number of nitrogens with one attached hydrogen (secondary N) is 2. The van der Waals surface area contributed by atoms with E-state index in [2.05, 4.69) is 22.8 Å². The maximum Gasteiger partial charge on any atom is 0.314 e. The van der Waals surface area contributed by atoms with E-state index in [1.165, 1.54) is 18.4 Å². The third-order valence-electron chi connectivity index (χ3n) is 2.79. The lowest BCUT2D eigenvalue weighted by molar-refractivity contribution is 0.240. The van der Waals surface area contributed by atoms with E-state index in [4.69, 9.17) is 0 Å². The Labute approximate surface area is 96.2 Å². The summed E-state index contributed by atoms with van der Waals surface area (Å²) in [5.74, 6) is 0.736. The second kappa shape index (κ2) is 5.54. The van der Waals surface area contributed by atoms with E-state index in [-0.39, 0.29) is 6.03 Å². The standard InChI is InChI=1S/C13H18N2O/c16-13(15-10-12-6-7-12)14-9-8-11-4-2-1-3-5-11/h1-5,12H,6-10H2,(H2,14,15,16). The summed E-state index contributed by atoms with van der Waals surface area (Å²) in [6, 6.07) is 10.1. The SMILES string of the molecule is O=C(NCCc1ccccc1)NCC1CC1. The molecule has 0 radical (unpaired) electrons. The van der Waals surface area contributed by atoms with Crippen molar-refractivity contribution < 1.29 is 4.79 Å². The highest BCUT2D eigenvalue weighted by Crippen LogP contribution is 2.27. The molecule has 0 heterocycles. The van der Waals surface area contributed by atoms with Crippen molar-refractivity contribution in [2.45, 2.75) is 19.3 Å². The minimum Gasteiger partial charge on any atom is -0.338 e. The molecule has 86 valence electrons. The van der Waals surface area contributed by atoms with Crippen molar-refractivity contribution in [2.24, 2.45) is 5.92 Å². The van der Waals surface area contributed by atoms with Gasteiger partial charge in [0.25, 0.3) is 0 Å². The maximum absolute atomic E-state index is 11.3. The molecule has 3 heteroatoms. The zero-order chi connectivity index (χ0) is 11.2. The molecule has 0 aliphatic heterocycles. The molecule has 1 aliphatic carbocycles. The lowest BCUT2D eigenvalue weighted by Crippen LogP contribution is -2.37. The third-order valence-corrected chi connectivity index (χ3v) is 2.79. The van der Waals surface area contributed by atoms with Gasteiger partial charge in [-0.2, -0.15) is 0 Å². The second-order valence-electron chi connectivity index (χ2n) is 4.32. The zero-order valence-electron chi connectivity index (χ0n) is 9.41. The number of carbonyl (C=O) groups is 1. The molecule has 3 nitrogen and oxygen atoms in total. The fraction of sp³-hybridized carbons (Fsp3) is 0.462. The Kier molecular flexibility index (Phi) is 3.81. The quantitative estimate of drug-likeness (QED) is 0.779. The van der Waals surface area contributed by atoms with Crippen molar-refractivity contribution in [3.05, 3.63) is 35.9 Å². The summed E-state index contributed by atoms with van der Waals surface area (Å²) >= 11 is 0. The largest absolute Gasteiger partial charge is 0.338 e. The van der Waals surface area contributed by atoms with E-state index in [1.807, 2.05) is 18.2 Å². The molecule has 0 atom stereocenters. The Morgan fingerprint density at radius 3 is 2.62 bits per heavy atom. The summed E-state index contributed by atoms with van der Waals surface area (Å²) in [6.45, 7) is 1.53. The van der Waals surface area contributed by atoms with Crippen LogP contribution in [0.25, 0.3) is 0 Å². The first-order valence-electron chi connectivity index (χ1n) is 5.90. The molecule has 0 unspecified atom stereocenters. The first kappa shape index (κ1) is 11.0. The van der Waals surface area contributed by atoms with Crippen molar-refractivity contribution in [3.63, 3.8) is 0 Å². The van der Waals surface area contributed by atoms with E-state index in [1.54, 1.807) is 0 Å². The Morgan fingerprint density at radius 1 is 1.19 bits per heavy atom. The molecule has 2 amide bonds. The highest BCUT2D eigenvalue weighted by Gasteiger charge is 2.21. The number of carbonyl (C=O) groups excluding carboxylic acids is 1. The van der Waals surface area contributed by atoms with Crippen LogP contribution in [-0.2, 0) is 6.42 Å². The minimum absolute atomic E-state index is 0.0390. The number of amides is 2. The molecule has 16 heavy (non-hydrogen) atoms. The van der Waals surface area contributed by atoms with Crippen LogP contribution in [0.15, 0.2) is 30.3 Å². The molecule has 0 spiro atoms. The zero-order valence-corrected chi connectivity index (χ0v) is 9.41. The molecule has 0 saturated heterocycles. The van der Waals surface area contributed by atoms with Gasteiger partial charge < -0.3 is 10.6 Å². The van der Waals surface area contributed by atoms with Crippen LogP contribution in [0.1, 0.15) is 18.4 Å². The summed E-state index contributed by atoms with van der Waals surface area (Å²) in [7, 11) is 0. The van der Waals surface area contributed by atoms with E-state index in [0.717, 1.165) is 18.9 Å². The van der Waals surface area contributed by atoms with Gasteiger partial charge in [-0.05, 0) is 30.7 Å². The fourth-order valence-electron chi connectivity index (χ4n) is 1.59. The summed E-state index contributed by atoms with van der Waals surface area (Å²) in [6.07, 6.45) is 3.42.